The number of nitrogens with zero attached hydrogens (tertiary/aromatic N) is 1. The molecule has 0 radical (unpaired) electrons. The normalized spacial score (nSPS) is 19.2. The van der Waals surface area contributed by atoms with Crippen LogP contribution < -0.4 is 10.2 Å². The Morgan fingerprint density at radius 2 is 1.91 bits per heavy atom. The van der Waals surface area contributed by atoms with Gasteiger partial charge in [-0.25, -0.2) is 0 Å². The summed E-state index contributed by atoms with van der Waals surface area (Å²) in [4.78, 5) is 15.2. The van der Waals surface area contributed by atoms with Gasteiger partial charge in [-0.15, -0.1) is 0 Å². The topological polar surface area (TPSA) is 51.9 Å². The molecule has 0 bridgehead atoms. The highest BCUT2D eigenvalue weighted by molar-refractivity contribution is 9.10. The minimum atomic E-state index is -4.84. The van der Waals surface area contributed by atoms with Crippen molar-refractivity contribution >= 4 is 26.9 Å². The second kappa shape index (κ2) is 8.20. The highest BCUT2D eigenvalue weighted by Crippen LogP contribution is 2.40. The van der Waals surface area contributed by atoms with E-state index >= 15 is 0 Å². The summed E-state index contributed by atoms with van der Waals surface area (Å²) in [5, 5.41) is 0.0947. The van der Waals surface area contributed by atoms with Crippen molar-refractivity contribution in [2.24, 2.45) is 0 Å². The smallest absolute Gasteiger partial charge is 0.450 e. The zero-order valence-electron chi connectivity index (χ0n) is 16.9. The van der Waals surface area contributed by atoms with E-state index in [-0.39, 0.29) is 22.6 Å². The molecule has 5 nitrogen and oxygen atoms in total. The van der Waals surface area contributed by atoms with Gasteiger partial charge in [0.25, 0.3) is 0 Å². The molecule has 1 unspecified atom stereocenters. The molecule has 1 atom stereocenters. The molecule has 2 aromatic carbocycles. The van der Waals surface area contributed by atoms with Crippen molar-refractivity contribution in [3.63, 3.8) is 0 Å². The van der Waals surface area contributed by atoms with E-state index in [4.69, 9.17) is 13.9 Å². The monoisotopic (exact) mass is 509 g/mol. The Labute approximate surface area is 189 Å². The van der Waals surface area contributed by atoms with Crippen LogP contribution in [0.5, 0.6) is 5.75 Å². The highest BCUT2D eigenvalue weighted by Gasteiger charge is 2.40. The molecule has 32 heavy (non-hydrogen) atoms. The van der Waals surface area contributed by atoms with E-state index < -0.39 is 22.9 Å². The number of benzene rings is 2. The van der Waals surface area contributed by atoms with Gasteiger partial charge in [-0.05, 0) is 42.7 Å². The lowest BCUT2D eigenvalue weighted by molar-refractivity contribution is -0.152. The van der Waals surface area contributed by atoms with Crippen LogP contribution in [0.4, 0.5) is 13.2 Å². The molecule has 3 heterocycles. The molecule has 0 spiro atoms. The van der Waals surface area contributed by atoms with Crippen molar-refractivity contribution in [3.8, 4) is 16.9 Å². The minimum absolute atomic E-state index is 0.0666. The zero-order chi connectivity index (χ0) is 22.5. The van der Waals surface area contributed by atoms with E-state index in [0.29, 0.717) is 42.2 Å². The lowest BCUT2D eigenvalue weighted by atomic mass is 10.00. The van der Waals surface area contributed by atoms with Gasteiger partial charge in [-0.2, -0.15) is 13.2 Å². The van der Waals surface area contributed by atoms with Crippen LogP contribution in [0.25, 0.3) is 22.1 Å². The van der Waals surface area contributed by atoms with Gasteiger partial charge in [-0.3, -0.25) is 9.69 Å². The van der Waals surface area contributed by atoms with Crippen LogP contribution >= 0.6 is 15.9 Å². The summed E-state index contributed by atoms with van der Waals surface area (Å²) in [6.07, 6.45) is -2.85. The van der Waals surface area contributed by atoms with Crippen molar-refractivity contribution < 1.29 is 27.1 Å². The third kappa shape index (κ3) is 3.93. The van der Waals surface area contributed by atoms with E-state index in [1.165, 1.54) is 18.2 Å². The third-order valence-corrected chi connectivity index (χ3v) is 6.31. The lowest BCUT2D eigenvalue weighted by Gasteiger charge is -2.31. The van der Waals surface area contributed by atoms with Gasteiger partial charge in [0.1, 0.15) is 18.1 Å². The summed E-state index contributed by atoms with van der Waals surface area (Å²) in [6, 6.07) is 9.19. The average molecular weight is 510 g/mol. The first kappa shape index (κ1) is 21.5. The molecule has 2 aliphatic heterocycles. The fourth-order valence-electron chi connectivity index (χ4n) is 4.28. The molecule has 1 saturated heterocycles. The minimum Gasteiger partial charge on any atom is -0.478 e. The van der Waals surface area contributed by atoms with Gasteiger partial charge in [-0.1, -0.05) is 28.1 Å². The second-order valence-electron chi connectivity index (χ2n) is 7.98. The molecule has 3 aromatic rings. The summed E-state index contributed by atoms with van der Waals surface area (Å²) >= 11 is 3.26. The van der Waals surface area contributed by atoms with Gasteiger partial charge in [0.2, 0.25) is 11.2 Å². The molecular weight excluding hydrogens is 491 g/mol. The van der Waals surface area contributed by atoms with Crippen LogP contribution in [0.2, 0.25) is 0 Å². The number of fused-ring (bicyclic) bond motifs is 3. The first-order valence-electron chi connectivity index (χ1n) is 10.2. The summed E-state index contributed by atoms with van der Waals surface area (Å²) in [5.74, 6) is -0.879. The second-order valence-corrected chi connectivity index (χ2v) is 8.89. The molecule has 0 N–H and O–H groups in total. The SMILES string of the molecule is O=c1c(-c2ccc(Br)cc2)c(C(F)(F)F)oc2c3c(ccc12)OCN(CC1CCCO1)C3. The maximum atomic E-state index is 14.0. The maximum absolute atomic E-state index is 14.0. The molecule has 0 saturated carbocycles. The van der Waals surface area contributed by atoms with Gasteiger partial charge < -0.3 is 13.9 Å². The summed E-state index contributed by atoms with van der Waals surface area (Å²) in [5.41, 5.74) is -0.718. The molecule has 0 aliphatic carbocycles. The Balaban J connectivity index is 1.65. The van der Waals surface area contributed by atoms with Crippen LogP contribution in [-0.4, -0.2) is 30.9 Å². The number of halogens is 4. The van der Waals surface area contributed by atoms with Crippen molar-refractivity contribution in [2.45, 2.75) is 31.7 Å². The lowest BCUT2D eigenvalue weighted by Crippen LogP contribution is -2.37. The van der Waals surface area contributed by atoms with E-state index in [1.54, 1.807) is 18.2 Å². The maximum Gasteiger partial charge on any atom is 0.450 e. The third-order valence-electron chi connectivity index (χ3n) is 5.78. The van der Waals surface area contributed by atoms with Crippen LogP contribution in [0.3, 0.4) is 0 Å². The quantitative estimate of drug-likeness (QED) is 0.461. The Morgan fingerprint density at radius 1 is 1.12 bits per heavy atom. The first-order chi connectivity index (χ1) is 15.3. The molecule has 1 fully saturated rings. The largest absolute Gasteiger partial charge is 0.478 e. The summed E-state index contributed by atoms with van der Waals surface area (Å²) in [6.45, 7) is 1.92. The van der Waals surface area contributed by atoms with Crippen molar-refractivity contribution in [1.29, 1.82) is 0 Å². The van der Waals surface area contributed by atoms with Crippen LogP contribution in [0, 0.1) is 0 Å². The average Bonchev–Trinajstić information content (AvgIpc) is 3.26. The van der Waals surface area contributed by atoms with Gasteiger partial charge in [0, 0.05) is 24.2 Å². The van der Waals surface area contributed by atoms with E-state index in [1.807, 2.05) is 4.90 Å². The highest BCUT2D eigenvalue weighted by atomic mass is 79.9. The first-order valence-corrected chi connectivity index (χ1v) is 11.0. The fourth-order valence-corrected chi connectivity index (χ4v) is 4.55. The van der Waals surface area contributed by atoms with Crippen molar-refractivity contribution in [3.05, 3.63) is 62.4 Å². The summed E-state index contributed by atoms with van der Waals surface area (Å²) in [7, 11) is 0. The number of hydrogen-bond donors (Lipinski definition) is 0. The Hall–Kier alpha value is -2.36. The van der Waals surface area contributed by atoms with E-state index in [9.17, 15) is 18.0 Å². The molecule has 2 aliphatic rings. The molecule has 0 amide bonds. The number of hydrogen-bond acceptors (Lipinski definition) is 5. The van der Waals surface area contributed by atoms with Gasteiger partial charge in [0.05, 0.1) is 22.6 Å². The fraction of sp³-hybridized carbons (Fsp3) is 0.348. The number of alkyl halides is 3. The number of ether oxygens (including phenoxy) is 2. The van der Waals surface area contributed by atoms with E-state index in [0.717, 1.165) is 12.8 Å². The molecule has 1 aromatic heterocycles. The zero-order valence-corrected chi connectivity index (χ0v) is 18.5. The van der Waals surface area contributed by atoms with E-state index in [2.05, 4.69) is 15.9 Å². The Bertz CT molecular complexity index is 1220. The molecule has 168 valence electrons. The summed E-state index contributed by atoms with van der Waals surface area (Å²) < 4.78 is 59.6. The molecule has 9 heteroatoms. The van der Waals surface area contributed by atoms with Crippen LogP contribution in [0.15, 0.2) is 50.1 Å². The van der Waals surface area contributed by atoms with Crippen LogP contribution in [-0.2, 0) is 17.5 Å². The molecular formula is C23H19BrF3NO4. The van der Waals surface area contributed by atoms with Crippen molar-refractivity contribution in [2.75, 3.05) is 19.9 Å². The standard InChI is InChI=1S/C23H19BrF3NO4/c24-14-5-3-13(4-6-14)19-20(29)16-7-8-18-17(21(16)32-22(19)23(25,26)27)11-28(12-31-18)10-15-2-1-9-30-15/h3-8,15H,1-2,9-12H2. The Kier molecular flexibility index (Phi) is 5.51. The van der Waals surface area contributed by atoms with Crippen molar-refractivity contribution in [1.82, 2.24) is 4.90 Å². The predicted octanol–water partition coefficient (Wildman–Crippen LogP) is 5.57. The predicted molar refractivity (Wildman–Crippen MR) is 116 cm³/mol. The van der Waals surface area contributed by atoms with Gasteiger partial charge >= 0.3 is 6.18 Å². The Morgan fingerprint density at radius 3 is 2.59 bits per heavy atom. The van der Waals surface area contributed by atoms with Crippen LogP contribution in [0.1, 0.15) is 24.2 Å². The molecule has 5 rings (SSSR count). The number of rotatable bonds is 3. The van der Waals surface area contributed by atoms with Gasteiger partial charge in [0.15, 0.2) is 0 Å².